The fraction of sp³-hybridized carbons (Fsp3) is 0.133. The molecule has 0 fully saturated rings. The summed E-state index contributed by atoms with van der Waals surface area (Å²) in [7, 11) is 1.96. The van der Waals surface area contributed by atoms with Crippen molar-refractivity contribution in [2.75, 3.05) is 5.32 Å². The zero-order valence-corrected chi connectivity index (χ0v) is 11.0. The molecule has 0 aliphatic heterocycles. The van der Waals surface area contributed by atoms with Crippen molar-refractivity contribution in [3.63, 3.8) is 0 Å². The number of aryl methyl sites for hydroxylation is 1. The molecule has 0 aliphatic carbocycles. The van der Waals surface area contributed by atoms with E-state index >= 15 is 0 Å². The number of pyridine rings is 1. The van der Waals surface area contributed by atoms with E-state index in [4.69, 9.17) is 5.26 Å². The van der Waals surface area contributed by atoms with Crippen LogP contribution in [0, 0.1) is 11.3 Å². The van der Waals surface area contributed by atoms with Crippen LogP contribution in [0.3, 0.4) is 0 Å². The van der Waals surface area contributed by atoms with Gasteiger partial charge in [-0.15, -0.1) is 0 Å². The number of imidazole rings is 1. The molecule has 20 heavy (non-hydrogen) atoms. The third-order valence-corrected chi connectivity index (χ3v) is 3.19. The molecule has 1 N–H and O–H groups in total. The van der Waals surface area contributed by atoms with Gasteiger partial charge in [0.1, 0.15) is 5.52 Å². The number of hydrogen-bond acceptors (Lipinski definition) is 4. The lowest BCUT2D eigenvalue weighted by Gasteiger charge is -2.06. The molecule has 0 amide bonds. The summed E-state index contributed by atoms with van der Waals surface area (Å²) in [5, 5.41) is 12.1. The Bertz CT molecular complexity index is 780. The molecule has 2 aromatic heterocycles. The summed E-state index contributed by atoms with van der Waals surface area (Å²) >= 11 is 0. The first-order chi connectivity index (χ1) is 9.78. The van der Waals surface area contributed by atoms with Crippen molar-refractivity contribution in [2.45, 2.75) is 6.54 Å². The number of nitriles is 1. The van der Waals surface area contributed by atoms with Gasteiger partial charge in [0.2, 0.25) is 0 Å². The summed E-state index contributed by atoms with van der Waals surface area (Å²) in [6.45, 7) is 0.647. The first-order valence-corrected chi connectivity index (χ1v) is 6.27. The van der Waals surface area contributed by atoms with Gasteiger partial charge in [-0.1, -0.05) is 12.1 Å². The zero-order chi connectivity index (χ0) is 13.9. The predicted octanol–water partition coefficient (Wildman–Crippen LogP) is 2.45. The highest BCUT2D eigenvalue weighted by Gasteiger charge is 2.06. The maximum atomic E-state index is 8.77. The highest BCUT2D eigenvalue weighted by molar-refractivity contribution is 5.85. The lowest BCUT2D eigenvalue weighted by Crippen LogP contribution is -2.02. The summed E-state index contributed by atoms with van der Waals surface area (Å²) in [6.07, 6.45) is 3.55. The molecule has 0 saturated heterocycles. The Morgan fingerprint density at radius 3 is 2.75 bits per heavy atom. The number of nitrogens with zero attached hydrogens (tertiary/aromatic N) is 4. The molecular weight excluding hydrogens is 250 g/mol. The Morgan fingerprint density at radius 2 is 2.00 bits per heavy atom. The molecule has 5 nitrogen and oxygen atoms in total. The van der Waals surface area contributed by atoms with Crippen LogP contribution in [0.5, 0.6) is 0 Å². The number of aromatic nitrogens is 3. The van der Waals surface area contributed by atoms with Crippen LogP contribution in [0.15, 0.2) is 42.9 Å². The predicted molar refractivity (Wildman–Crippen MR) is 77.0 cm³/mol. The molecule has 2 heterocycles. The maximum absolute atomic E-state index is 8.77. The second-order valence-corrected chi connectivity index (χ2v) is 4.55. The zero-order valence-electron chi connectivity index (χ0n) is 11.0. The number of anilines is 1. The number of hydrogen-bond donors (Lipinski definition) is 1. The van der Waals surface area contributed by atoms with Gasteiger partial charge in [-0.3, -0.25) is 0 Å². The van der Waals surface area contributed by atoms with Crippen LogP contribution in [-0.2, 0) is 13.6 Å². The average Bonchev–Trinajstić information content (AvgIpc) is 2.88. The number of rotatable bonds is 3. The van der Waals surface area contributed by atoms with Crippen LogP contribution in [0.2, 0.25) is 0 Å². The monoisotopic (exact) mass is 263 g/mol. The molecule has 5 heteroatoms. The third kappa shape index (κ3) is 2.19. The molecule has 3 rings (SSSR count). The molecule has 0 unspecified atom stereocenters. The van der Waals surface area contributed by atoms with Gasteiger partial charge < -0.3 is 9.88 Å². The number of fused-ring (bicyclic) bond motifs is 1. The molecule has 1 aromatic carbocycles. The van der Waals surface area contributed by atoms with E-state index in [1.54, 1.807) is 12.5 Å². The minimum absolute atomic E-state index is 0.647. The van der Waals surface area contributed by atoms with E-state index in [9.17, 15) is 0 Å². The minimum Gasteiger partial charge on any atom is -0.364 e. The summed E-state index contributed by atoms with van der Waals surface area (Å²) in [6, 6.07) is 11.5. The summed E-state index contributed by atoms with van der Waals surface area (Å²) < 4.78 is 1.96. The SMILES string of the molecule is Cn1cnc2c(NCc3ccc(C#N)cc3)nccc21. The van der Waals surface area contributed by atoms with Crippen LogP contribution in [0.4, 0.5) is 5.82 Å². The molecule has 0 radical (unpaired) electrons. The largest absolute Gasteiger partial charge is 0.364 e. The van der Waals surface area contributed by atoms with E-state index < -0.39 is 0 Å². The Hall–Kier alpha value is -2.87. The highest BCUT2D eigenvalue weighted by atomic mass is 15.1. The van der Waals surface area contributed by atoms with Gasteiger partial charge in [0.05, 0.1) is 23.5 Å². The van der Waals surface area contributed by atoms with Crippen molar-refractivity contribution in [3.8, 4) is 6.07 Å². The van der Waals surface area contributed by atoms with Crippen LogP contribution in [0.1, 0.15) is 11.1 Å². The van der Waals surface area contributed by atoms with E-state index in [-0.39, 0.29) is 0 Å². The Balaban J connectivity index is 1.81. The lowest BCUT2D eigenvalue weighted by molar-refractivity contribution is 0.947. The minimum atomic E-state index is 0.647. The summed E-state index contributed by atoms with van der Waals surface area (Å²) in [4.78, 5) is 8.68. The fourth-order valence-electron chi connectivity index (χ4n) is 2.07. The first kappa shape index (κ1) is 12.2. The van der Waals surface area contributed by atoms with Crippen molar-refractivity contribution >= 4 is 16.9 Å². The number of benzene rings is 1. The summed E-state index contributed by atoms with van der Waals surface area (Å²) in [5.41, 5.74) is 3.67. The second-order valence-electron chi connectivity index (χ2n) is 4.55. The number of nitrogens with one attached hydrogen (secondary N) is 1. The fourth-order valence-corrected chi connectivity index (χ4v) is 2.07. The van der Waals surface area contributed by atoms with Crippen molar-refractivity contribution in [1.29, 1.82) is 5.26 Å². The van der Waals surface area contributed by atoms with Gasteiger partial charge in [-0.05, 0) is 23.8 Å². The molecule has 0 atom stereocenters. The topological polar surface area (TPSA) is 66.5 Å². The standard InChI is InChI=1S/C15H13N5/c1-20-10-19-14-13(20)6-7-17-15(14)18-9-12-4-2-11(8-16)3-5-12/h2-7,10H,9H2,1H3,(H,17,18). The smallest absolute Gasteiger partial charge is 0.154 e. The molecule has 0 aliphatic rings. The first-order valence-electron chi connectivity index (χ1n) is 6.27. The van der Waals surface area contributed by atoms with E-state index in [1.807, 2.05) is 41.9 Å². The van der Waals surface area contributed by atoms with Crippen molar-refractivity contribution in [2.24, 2.45) is 7.05 Å². The van der Waals surface area contributed by atoms with E-state index in [2.05, 4.69) is 21.4 Å². The van der Waals surface area contributed by atoms with Crippen LogP contribution in [-0.4, -0.2) is 14.5 Å². The Kier molecular flexibility index (Phi) is 3.05. The molecule has 3 aromatic rings. The quantitative estimate of drug-likeness (QED) is 0.788. The maximum Gasteiger partial charge on any atom is 0.154 e. The second kappa shape index (κ2) is 5.02. The molecule has 0 saturated carbocycles. The van der Waals surface area contributed by atoms with Gasteiger partial charge in [-0.25, -0.2) is 9.97 Å². The van der Waals surface area contributed by atoms with Gasteiger partial charge in [0.25, 0.3) is 0 Å². The molecule has 0 spiro atoms. The Morgan fingerprint density at radius 1 is 1.20 bits per heavy atom. The van der Waals surface area contributed by atoms with Gasteiger partial charge in [-0.2, -0.15) is 5.26 Å². The van der Waals surface area contributed by atoms with Gasteiger partial charge in [0, 0.05) is 19.8 Å². The van der Waals surface area contributed by atoms with Crippen LogP contribution < -0.4 is 5.32 Å². The Labute approximate surface area is 116 Å². The van der Waals surface area contributed by atoms with Crippen molar-refractivity contribution in [1.82, 2.24) is 14.5 Å². The van der Waals surface area contributed by atoms with Crippen LogP contribution in [0.25, 0.3) is 11.0 Å². The van der Waals surface area contributed by atoms with E-state index in [0.717, 1.165) is 22.4 Å². The molecule has 0 bridgehead atoms. The van der Waals surface area contributed by atoms with Crippen molar-refractivity contribution in [3.05, 3.63) is 54.0 Å². The normalized spacial score (nSPS) is 10.4. The lowest BCUT2D eigenvalue weighted by atomic mass is 10.1. The average molecular weight is 263 g/mol. The van der Waals surface area contributed by atoms with Crippen LogP contribution >= 0.6 is 0 Å². The van der Waals surface area contributed by atoms with Gasteiger partial charge >= 0.3 is 0 Å². The molecular formula is C15H13N5. The van der Waals surface area contributed by atoms with E-state index in [1.165, 1.54) is 0 Å². The van der Waals surface area contributed by atoms with E-state index in [0.29, 0.717) is 12.1 Å². The van der Waals surface area contributed by atoms with Gasteiger partial charge in [0.15, 0.2) is 5.82 Å². The highest BCUT2D eigenvalue weighted by Crippen LogP contribution is 2.19. The van der Waals surface area contributed by atoms with Crippen molar-refractivity contribution < 1.29 is 0 Å². The third-order valence-electron chi connectivity index (χ3n) is 3.19. The summed E-state index contributed by atoms with van der Waals surface area (Å²) in [5.74, 6) is 0.771. The molecule has 98 valence electrons.